The van der Waals surface area contributed by atoms with Crippen molar-refractivity contribution in [3.63, 3.8) is 0 Å². The van der Waals surface area contributed by atoms with Gasteiger partial charge in [0, 0.05) is 48.9 Å². The van der Waals surface area contributed by atoms with Gasteiger partial charge >= 0.3 is 0 Å². The van der Waals surface area contributed by atoms with E-state index in [-0.39, 0.29) is 30.1 Å². The van der Waals surface area contributed by atoms with Crippen LogP contribution in [0.25, 0.3) is 5.69 Å². The molecule has 2 unspecified atom stereocenters. The maximum absolute atomic E-state index is 12.9. The smallest absolute Gasteiger partial charge is 0.271 e. The number of nitrogens with one attached hydrogen (secondary N) is 2. The van der Waals surface area contributed by atoms with Gasteiger partial charge in [0.1, 0.15) is 0 Å². The van der Waals surface area contributed by atoms with Crippen LogP contribution in [0.15, 0.2) is 91.3 Å². The molecule has 4 aromatic rings. The van der Waals surface area contributed by atoms with Gasteiger partial charge in [-0.15, -0.1) is 0 Å². The number of nitro benzene ring substituents is 1. The Hall–Kier alpha value is -4.57. The van der Waals surface area contributed by atoms with Crippen molar-refractivity contribution in [3.8, 4) is 5.69 Å². The maximum Gasteiger partial charge on any atom is 0.271 e. The molecule has 2 aromatic heterocycles. The van der Waals surface area contributed by atoms with Crippen LogP contribution in [-0.4, -0.2) is 36.9 Å². The zero-order valence-electron chi connectivity index (χ0n) is 20.7. The van der Waals surface area contributed by atoms with Crippen LogP contribution < -0.4 is 10.6 Å². The van der Waals surface area contributed by atoms with E-state index in [1.165, 1.54) is 6.07 Å². The lowest BCUT2D eigenvalue weighted by atomic mass is 10.0. The topological polar surface area (TPSA) is 105 Å². The molecule has 9 nitrogen and oxygen atoms in total. The summed E-state index contributed by atoms with van der Waals surface area (Å²) in [6.45, 7) is 2.32. The highest BCUT2D eigenvalue weighted by molar-refractivity contribution is 7.80. The Balaban J connectivity index is 1.47. The number of para-hydroxylation sites is 1. The Kier molecular flexibility index (Phi) is 7.14. The van der Waals surface area contributed by atoms with Gasteiger partial charge in [-0.05, 0) is 61.1 Å². The van der Waals surface area contributed by atoms with Crippen molar-refractivity contribution in [2.24, 2.45) is 0 Å². The van der Waals surface area contributed by atoms with E-state index in [0.29, 0.717) is 17.3 Å². The summed E-state index contributed by atoms with van der Waals surface area (Å²) in [6, 6.07) is 23.1. The lowest BCUT2D eigenvalue weighted by Crippen LogP contribution is -2.33. The fourth-order valence-electron chi connectivity index (χ4n) is 4.74. The number of aryl methyl sites for hydroxylation is 1. The Bertz CT molecular complexity index is 1490. The summed E-state index contributed by atoms with van der Waals surface area (Å²) >= 11 is 5.74. The van der Waals surface area contributed by atoms with E-state index < -0.39 is 4.92 Å². The first-order valence-corrected chi connectivity index (χ1v) is 12.6. The van der Waals surface area contributed by atoms with Crippen molar-refractivity contribution in [1.29, 1.82) is 0 Å². The number of aromatic nitrogens is 2. The Morgan fingerprint density at radius 2 is 1.92 bits per heavy atom. The van der Waals surface area contributed by atoms with Crippen LogP contribution in [0, 0.1) is 17.0 Å². The molecule has 0 spiro atoms. The SMILES string of the molecule is Cc1ccccc1NC(=O)CCN1C(=S)NC(c2ccccn2)C1c1cccn1-c1cccc([N+](=O)[O-])c1. The number of hydrogen-bond acceptors (Lipinski definition) is 5. The van der Waals surface area contributed by atoms with Crippen LogP contribution >= 0.6 is 12.2 Å². The molecule has 0 aliphatic carbocycles. The van der Waals surface area contributed by atoms with Crippen LogP contribution in [-0.2, 0) is 4.79 Å². The van der Waals surface area contributed by atoms with E-state index in [9.17, 15) is 14.9 Å². The van der Waals surface area contributed by atoms with Crippen LogP contribution in [0.5, 0.6) is 0 Å². The second-order valence-electron chi connectivity index (χ2n) is 9.01. The third kappa shape index (κ3) is 5.12. The second-order valence-corrected chi connectivity index (χ2v) is 9.40. The van der Waals surface area contributed by atoms with E-state index in [2.05, 4.69) is 15.6 Å². The quantitative estimate of drug-likeness (QED) is 0.187. The van der Waals surface area contributed by atoms with Crippen LogP contribution in [0.1, 0.15) is 35.5 Å². The first-order chi connectivity index (χ1) is 18.4. The molecule has 2 atom stereocenters. The summed E-state index contributed by atoms with van der Waals surface area (Å²) in [6.07, 6.45) is 3.82. The van der Waals surface area contributed by atoms with Gasteiger partial charge in [-0.1, -0.05) is 30.3 Å². The van der Waals surface area contributed by atoms with E-state index in [1.54, 1.807) is 18.3 Å². The van der Waals surface area contributed by atoms with Gasteiger partial charge in [-0.25, -0.2) is 0 Å². The number of anilines is 1. The molecule has 1 fully saturated rings. The number of nitrogens with zero attached hydrogens (tertiary/aromatic N) is 4. The van der Waals surface area contributed by atoms with Gasteiger partial charge in [-0.2, -0.15) is 0 Å². The Morgan fingerprint density at radius 1 is 1.11 bits per heavy atom. The zero-order valence-corrected chi connectivity index (χ0v) is 21.5. The number of carbonyl (C=O) groups is 1. The highest BCUT2D eigenvalue weighted by Crippen LogP contribution is 2.39. The number of carbonyl (C=O) groups excluding carboxylic acids is 1. The summed E-state index contributed by atoms with van der Waals surface area (Å²) in [5, 5.41) is 18.3. The lowest BCUT2D eigenvalue weighted by Gasteiger charge is -2.28. The standard InChI is InChI=1S/C28H26N6O3S/c1-19-8-2-3-11-22(19)30-25(35)14-17-33-27(26(31-28(33)38)23-12-4-5-15-29-23)24-13-7-16-32(24)20-9-6-10-21(18-20)34(36)37/h2-13,15-16,18,26-27H,14,17H2,1H3,(H,30,35)(H,31,38). The van der Waals surface area contributed by atoms with Crippen molar-refractivity contribution in [2.75, 3.05) is 11.9 Å². The predicted molar refractivity (Wildman–Crippen MR) is 149 cm³/mol. The number of thiocarbonyl (C=S) groups is 1. The van der Waals surface area contributed by atoms with E-state index in [1.807, 2.05) is 83.3 Å². The zero-order chi connectivity index (χ0) is 26.6. The number of pyridine rings is 1. The molecular weight excluding hydrogens is 500 g/mol. The number of nitro groups is 1. The van der Waals surface area contributed by atoms with Gasteiger partial charge in [0.15, 0.2) is 5.11 Å². The first-order valence-electron chi connectivity index (χ1n) is 12.2. The molecule has 0 saturated carbocycles. The average Bonchev–Trinajstić information content (AvgIpc) is 3.53. The summed E-state index contributed by atoms with van der Waals surface area (Å²) in [5.41, 5.74) is 4.11. The lowest BCUT2D eigenvalue weighted by molar-refractivity contribution is -0.384. The van der Waals surface area contributed by atoms with Crippen molar-refractivity contribution < 1.29 is 9.72 Å². The monoisotopic (exact) mass is 526 g/mol. The molecule has 2 aromatic carbocycles. The molecule has 0 radical (unpaired) electrons. The average molecular weight is 527 g/mol. The number of non-ortho nitro benzene ring substituents is 1. The van der Waals surface area contributed by atoms with E-state index >= 15 is 0 Å². The molecule has 3 heterocycles. The minimum Gasteiger partial charge on any atom is -0.352 e. The molecule has 38 heavy (non-hydrogen) atoms. The largest absolute Gasteiger partial charge is 0.352 e. The van der Waals surface area contributed by atoms with Crippen molar-refractivity contribution >= 4 is 34.6 Å². The molecule has 10 heteroatoms. The Morgan fingerprint density at radius 3 is 2.68 bits per heavy atom. The summed E-state index contributed by atoms with van der Waals surface area (Å²) in [7, 11) is 0. The summed E-state index contributed by atoms with van der Waals surface area (Å²) in [4.78, 5) is 30.4. The molecule has 2 N–H and O–H groups in total. The molecule has 1 amide bonds. The Labute approximate surface area is 225 Å². The molecule has 1 saturated heterocycles. The highest BCUT2D eigenvalue weighted by Gasteiger charge is 2.41. The number of amides is 1. The molecule has 5 rings (SSSR count). The number of hydrogen-bond donors (Lipinski definition) is 2. The number of rotatable bonds is 8. The van der Waals surface area contributed by atoms with E-state index in [0.717, 1.165) is 22.6 Å². The molecule has 1 aliphatic heterocycles. The summed E-state index contributed by atoms with van der Waals surface area (Å²) in [5.74, 6) is -0.115. The van der Waals surface area contributed by atoms with Gasteiger partial charge in [0.05, 0.1) is 28.4 Å². The van der Waals surface area contributed by atoms with Crippen LogP contribution in [0.4, 0.5) is 11.4 Å². The normalized spacial score (nSPS) is 16.8. The van der Waals surface area contributed by atoms with Crippen molar-refractivity contribution in [3.05, 3.63) is 118 Å². The van der Waals surface area contributed by atoms with Gasteiger partial charge in [0.25, 0.3) is 5.69 Å². The fourth-order valence-corrected chi connectivity index (χ4v) is 5.07. The fraction of sp³-hybridized carbons (Fsp3) is 0.179. The maximum atomic E-state index is 12.9. The molecule has 192 valence electrons. The van der Waals surface area contributed by atoms with Crippen LogP contribution in [0.2, 0.25) is 0 Å². The van der Waals surface area contributed by atoms with Crippen LogP contribution in [0.3, 0.4) is 0 Å². The van der Waals surface area contributed by atoms with Gasteiger partial charge in [0.2, 0.25) is 5.91 Å². The first kappa shape index (κ1) is 25.1. The minimum absolute atomic E-state index is 0.00762. The second kappa shape index (κ2) is 10.8. The highest BCUT2D eigenvalue weighted by atomic mass is 32.1. The number of benzene rings is 2. The van der Waals surface area contributed by atoms with Gasteiger partial charge in [-0.3, -0.25) is 19.9 Å². The summed E-state index contributed by atoms with van der Waals surface area (Å²) < 4.78 is 1.92. The van der Waals surface area contributed by atoms with E-state index in [4.69, 9.17) is 12.2 Å². The minimum atomic E-state index is -0.408. The predicted octanol–water partition coefficient (Wildman–Crippen LogP) is 5.09. The van der Waals surface area contributed by atoms with Gasteiger partial charge < -0.3 is 20.1 Å². The molecule has 0 bridgehead atoms. The third-order valence-corrected chi connectivity index (χ3v) is 6.95. The molecule has 1 aliphatic rings. The van der Waals surface area contributed by atoms with Crippen molar-refractivity contribution in [2.45, 2.75) is 25.4 Å². The molecular formula is C28H26N6O3S. The van der Waals surface area contributed by atoms with Crippen molar-refractivity contribution in [1.82, 2.24) is 19.8 Å². The third-order valence-electron chi connectivity index (χ3n) is 6.60.